The molecule has 4 rings (SSSR count). The Morgan fingerprint density at radius 2 is 1.29 bits per heavy atom. The number of hydrogen-bond acceptors (Lipinski definition) is 3. The van der Waals surface area contributed by atoms with Crippen molar-refractivity contribution in [1.82, 2.24) is 0 Å². The number of phenolic OH excluding ortho intramolecular Hbond substituents is 1. The SMILES string of the molecule is CCCc1c(OC(C)CC[P+](c2ccccc2)(c2ccccc2)c2ccccc2)ccc(C(C)=O)c1O.[Br-]. The molecule has 0 heterocycles. The number of ether oxygens (including phenoxy) is 1. The zero-order valence-corrected chi connectivity index (χ0v) is 24.8. The van der Waals surface area contributed by atoms with Crippen molar-refractivity contribution in [1.29, 1.82) is 0 Å². The zero-order valence-electron chi connectivity index (χ0n) is 22.3. The van der Waals surface area contributed by atoms with E-state index < -0.39 is 7.26 Å². The molecule has 0 radical (unpaired) electrons. The molecule has 3 nitrogen and oxygen atoms in total. The molecule has 0 saturated carbocycles. The van der Waals surface area contributed by atoms with E-state index in [-0.39, 0.29) is 34.6 Å². The second-order valence-electron chi connectivity index (χ2n) is 9.50. The number of rotatable bonds is 11. The van der Waals surface area contributed by atoms with Crippen LogP contribution >= 0.6 is 7.26 Å². The van der Waals surface area contributed by atoms with Crippen molar-refractivity contribution in [2.75, 3.05) is 6.16 Å². The third-order valence-corrected chi connectivity index (χ3v) is 11.4. The maximum Gasteiger partial charge on any atom is 0.163 e. The van der Waals surface area contributed by atoms with Gasteiger partial charge in [0.05, 0.1) is 17.8 Å². The first-order chi connectivity index (χ1) is 18.0. The Balaban J connectivity index is 0.00000400. The highest BCUT2D eigenvalue weighted by Gasteiger charge is 2.45. The standard InChI is InChI=1S/C33H35O3P.BrH/c1-4-14-31-32(22-21-30(26(3)34)33(31)35)36-25(2)23-24-37(27-15-8-5-9-16-27,28-17-10-6-11-18-28)29-19-12-7-13-20-29;/h5-13,15-22,25H,4,14,23-24H2,1-3H3;1H. The molecule has 5 heteroatoms. The van der Waals surface area contributed by atoms with Crippen LogP contribution in [-0.4, -0.2) is 23.2 Å². The summed E-state index contributed by atoms with van der Waals surface area (Å²) in [5, 5.41) is 14.9. The summed E-state index contributed by atoms with van der Waals surface area (Å²) in [6, 6.07) is 36.1. The van der Waals surface area contributed by atoms with E-state index in [0.717, 1.165) is 24.6 Å². The smallest absolute Gasteiger partial charge is 0.163 e. The number of phenols is 1. The average molecular weight is 592 g/mol. The van der Waals surface area contributed by atoms with Gasteiger partial charge in [0.1, 0.15) is 34.7 Å². The van der Waals surface area contributed by atoms with Gasteiger partial charge in [0.25, 0.3) is 0 Å². The van der Waals surface area contributed by atoms with Crippen LogP contribution in [0.25, 0.3) is 0 Å². The molecule has 0 saturated heterocycles. The fourth-order valence-corrected chi connectivity index (χ4v) is 9.50. The number of ketones is 1. The monoisotopic (exact) mass is 590 g/mol. The Kier molecular flexibility index (Phi) is 10.7. The van der Waals surface area contributed by atoms with E-state index in [1.54, 1.807) is 6.07 Å². The number of benzene rings is 4. The second-order valence-corrected chi connectivity index (χ2v) is 13.1. The molecule has 4 aromatic carbocycles. The molecule has 4 aromatic rings. The van der Waals surface area contributed by atoms with Crippen LogP contribution < -0.4 is 37.6 Å². The highest BCUT2D eigenvalue weighted by atomic mass is 79.9. The lowest BCUT2D eigenvalue weighted by Crippen LogP contribution is -3.00. The third kappa shape index (κ3) is 6.37. The predicted molar refractivity (Wildman–Crippen MR) is 157 cm³/mol. The molecule has 0 aliphatic carbocycles. The van der Waals surface area contributed by atoms with Crippen molar-refractivity contribution in [2.45, 2.75) is 46.1 Å². The van der Waals surface area contributed by atoms with Gasteiger partial charge in [-0.2, -0.15) is 0 Å². The van der Waals surface area contributed by atoms with Crippen molar-refractivity contribution in [3.63, 3.8) is 0 Å². The first kappa shape index (κ1) is 29.6. The molecular formula is C33H36BrO3P. The van der Waals surface area contributed by atoms with Gasteiger partial charge in [0.2, 0.25) is 0 Å². The van der Waals surface area contributed by atoms with Crippen LogP contribution in [-0.2, 0) is 6.42 Å². The van der Waals surface area contributed by atoms with Crippen LogP contribution in [0.4, 0.5) is 0 Å². The van der Waals surface area contributed by atoms with E-state index in [1.807, 2.05) is 6.07 Å². The van der Waals surface area contributed by atoms with Crippen molar-refractivity contribution < 1.29 is 31.6 Å². The van der Waals surface area contributed by atoms with E-state index in [0.29, 0.717) is 17.7 Å². The molecule has 0 fully saturated rings. The van der Waals surface area contributed by atoms with Crippen LogP contribution in [0.2, 0.25) is 0 Å². The molecule has 0 bridgehead atoms. The summed E-state index contributed by atoms with van der Waals surface area (Å²) in [5.41, 5.74) is 1.07. The number of carbonyl (C=O) groups is 1. The predicted octanol–water partition coefficient (Wildman–Crippen LogP) is 3.70. The minimum absolute atomic E-state index is 0. The molecule has 0 aliphatic rings. The van der Waals surface area contributed by atoms with Crippen molar-refractivity contribution >= 4 is 29.0 Å². The second kappa shape index (κ2) is 13.7. The highest BCUT2D eigenvalue weighted by molar-refractivity contribution is 7.95. The summed E-state index contributed by atoms with van der Waals surface area (Å²) in [5.74, 6) is 0.580. The average Bonchev–Trinajstić information content (AvgIpc) is 2.93. The number of Topliss-reactive ketones (excluding diaryl/α,β-unsaturated/α-hetero) is 1. The third-order valence-electron chi connectivity index (χ3n) is 6.91. The van der Waals surface area contributed by atoms with E-state index in [9.17, 15) is 9.90 Å². The maximum absolute atomic E-state index is 12.0. The Morgan fingerprint density at radius 3 is 1.71 bits per heavy atom. The van der Waals surface area contributed by atoms with Gasteiger partial charge in [0.15, 0.2) is 5.78 Å². The maximum atomic E-state index is 12.0. The molecule has 1 atom stereocenters. The fourth-order valence-electron chi connectivity index (χ4n) is 5.04. The lowest BCUT2D eigenvalue weighted by molar-refractivity contribution is -0.0000178. The van der Waals surface area contributed by atoms with E-state index in [1.165, 1.54) is 22.8 Å². The summed E-state index contributed by atoms with van der Waals surface area (Å²) in [6.07, 6.45) is 3.22. The van der Waals surface area contributed by atoms with Crippen molar-refractivity contribution in [3.8, 4) is 11.5 Å². The quantitative estimate of drug-likeness (QED) is 0.214. The number of aromatic hydroxyl groups is 1. The molecule has 0 aromatic heterocycles. The van der Waals surface area contributed by atoms with Gasteiger partial charge in [-0.25, -0.2) is 0 Å². The summed E-state index contributed by atoms with van der Waals surface area (Å²) in [7, 11) is -1.94. The minimum atomic E-state index is -1.94. The number of carbonyl (C=O) groups excluding carboxylic acids is 1. The van der Waals surface area contributed by atoms with Gasteiger partial charge in [-0.15, -0.1) is 0 Å². The summed E-state index contributed by atoms with van der Waals surface area (Å²) >= 11 is 0. The lowest BCUT2D eigenvalue weighted by atomic mass is 10.0. The van der Waals surface area contributed by atoms with Gasteiger partial charge in [-0.05, 0) is 68.8 Å². The van der Waals surface area contributed by atoms with E-state index in [4.69, 9.17) is 4.74 Å². The summed E-state index contributed by atoms with van der Waals surface area (Å²) in [6.45, 7) is 5.64. The molecular weight excluding hydrogens is 555 g/mol. The van der Waals surface area contributed by atoms with Crippen LogP contribution in [0.15, 0.2) is 103 Å². The van der Waals surface area contributed by atoms with Crippen molar-refractivity contribution in [2.24, 2.45) is 0 Å². The summed E-state index contributed by atoms with van der Waals surface area (Å²) < 4.78 is 6.46. The molecule has 198 valence electrons. The van der Waals surface area contributed by atoms with E-state index >= 15 is 0 Å². The van der Waals surface area contributed by atoms with Crippen LogP contribution in [0, 0.1) is 0 Å². The molecule has 38 heavy (non-hydrogen) atoms. The first-order valence-electron chi connectivity index (χ1n) is 13.0. The van der Waals surface area contributed by atoms with Crippen LogP contribution in [0.1, 0.15) is 49.5 Å². The van der Waals surface area contributed by atoms with Gasteiger partial charge in [0, 0.05) is 12.0 Å². The molecule has 0 aliphatic heterocycles. The van der Waals surface area contributed by atoms with Gasteiger partial charge >= 0.3 is 0 Å². The first-order valence-corrected chi connectivity index (χ1v) is 15.0. The fraction of sp³-hybridized carbons (Fsp3) is 0.242. The zero-order chi connectivity index (χ0) is 26.3. The number of hydrogen-bond donors (Lipinski definition) is 1. The van der Waals surface area contributed by atoms with Crippen LogP contribution in [0.3, 0.4) is 0 Å². The van der Waals surface area contributed by atoms with Gasteiger partial charge in [-0.1, -0.05) is 67.9 Å². The molecule has 0 amide bonds. The Labute approximate surface area is 238 Å². The topological polar surface area (TPSA) is 46.5 Å². The Bertz CT molecular complexity index is 1210. The molecule has 0 spiro atoms. The Morgan fingerprint density at radius 1 is 0.816 bits per heavy atom. The molecule has 1 N–H and O–H groups in total. The largest absolute Gasteiger partial charge is 1.00 e. The molecule has 1 unspecified atom stereocenters. The van der Waals surface area contributed by atoms with Crippen LogP contribution in [0.5, 0.6) is 11.5 Å². The Hall–Kier alpha value is -2.94. The highest BCUT2D eigenvalue weighted by Crippen LogP contribution is 2.56. The normalized spacial score (nSPS) is 11.9. The lowest BCUT2D eigenvalue weighted by Gasteiger charge is -2.29. The minimum Gasteiger partial charge on any atom is -1.00 e. The summed E-state index contributed by atoms with van der Waals surface area (Å²) in [4.78, 5) is 12.0. The van der Waals surface area contributed by atoms with Crippen molar-refractivity contribution in [3.05, 3.63) is 114 Å². The van der Waals surface area contributed by atoms with Gasteiger partial charge < -0.3 is 26.8 Å². The van der Waals surface area contributed by atoms with E-state index in [2.05, 4.69) is 105 Å². The number of halogens is 1. The van der Waals surface area contributed by atoms with Gasteiger partial charge in [-0.3, -0.25) is 4.79 Å².